The lowest BCUT2D eigenvalue weighted by atomic mass is 9.96. The molecule has 1 heterocycles. The summed E-state index contributed by atoms with van der Waals surface area (Å²) < 4.78 is 27.2. The number of aryl methyl sites for hydroxylation is 1. The molecule has 1 aromatic carbocycles. The third-order valence-electron chi connectivity index (χ3n) is 4.18. The summed E-state index contributed by atoms with van der Waals surface area (Å²) in [5.41, 5.74) is 6.88. The van der Waals surface area contributed by atoms with Crippen LogP contribution in [-0.2, 0) is 10.0 Å². The summed E-state index contributed by atoms with van der Waals surface area (Å²) in [6.07, 6.45) is 1.80. The molecule has 2 rings (SSSR count). The third kappa shape index (κ3) is 3.10. The van der Waals surface area contributed by atoms with Gasteiger partial charge >= 0.3 is 0 Å². The van der Waals surface area contributed by atoms with Crippen molar-refractivity contribution in [3.8, 4) is 6.07 Å². The number of rotatable bonds is 3. The van der Waals surface area contributed by atoms with Crippen LogP contribution < -0.4 is 5.73 Å². The van der Waals surface area contributed by atoms with Gasteiger partial charge in [-0.25, -0.2) is 8.42 Å². The molecule has 114 valence electrons. The lowest BCUT2D eigenvalue weighted by molar-refractivity contribution is 0.211. The third-order valence-corrected chi connectivity index (χ3v) is 6.16. The monoisotopic (exact) mass is 307 g/mol. The Morgan fingerprint density at radius 3 is 2.71 bits per heavy atom. The Hall–Kier alpha value is -1.42. The first-order chi connectivity index (χ1) is 9.90. The Bertz CT molecular complexity index is 664. The van der Waals surface area contributed by atoms with Gasteiger partial charge in [-0.3, -0.25) is 0 Å². The molecule has 1 fully saturated rings. The van der Waals surface area contributed by atoms with Gasteiger partial charge in [0, 0.05) is 12.6 Å². The number of sulfonamides is 1. The average molecular weight is 307 g/mol. The fraction of sp³-hybridized carbons (Fsp3) is 0.533. The van der Waals surface area contributed by atoms with E-state index in [1.165, 1.54) is 6.07 Å². The van der Waals surface area contributed by atoms with Gasteiger partial charge in [0.1, 0.15) is 0 Å². The number of nitrogens with zero attached hydrogens (tertiary/aromatic N) is 2. The molecule has 1 saturated heterocycles. The molecular weight excluding hydrogens is 286 g/mol. The molecule has 0 bridgehead atoms. The van der Waals surface area contributed by atoms with Crippen molar-refractivity contribution < 1.29 is 8.42 Å². The number of benzene rings is 1. The highest BCUT2D eigenvalue weighted by Crippen LogP contribution is 2.28. The van der Waals surface area contributed by atoms with Crippen molar-refractivity contribution in [1.29, 1.82) is 5.26 Å². The van der Waals surface area contributed by atoms with Gasteiger partial charge in [0.05, 0.1) is 16.5 Å². The Labute approximate surface area is 126 Å². The van der Waals surface area contributed by atoms with Crippen LogP contribution in [0, 0.1) is 24.2 Å². The first kappa shape index (κ1) is 16.0. The predicted octanol–water partition coefficient (Wildman–Crippen LogP) is 1.61. The van der Waals surface area contributed by atoms with Crippen molar-refractivity contribution in [1.82, 2.24) is 4.31 Å². The number of hydrogen-bond acceptors (Lipinski definition) is 4. The number of piperidine rings is 1. The fourth-order valence-corrected chi connectivity index (χ4v) is 4.55. The minimum Gasteiger partial charge on any atom is -0.330 e. The van der Waals surface area contributed by atoms with Crippen LogP contribution in [0.1, 0.15) is 30.9 Å². The smallest absolute Gasteiger partial charge is 0.243 e. The van der Waals surface area contributed by atoms with Crippen molar-refractivity contribution in [3.05, 3.63) is 29.3 Å². The molecule has 6 heteroatoms. The summed E-state index contributed by atoms with van der Waals surface area (Å²) in [6, 6.07) is 6.69. The fourth-order valence-electron chi connectivity index (χ4n) is 2.73. The Morgan fingerprint density at radius 1 is 1.43 bits per heavy atom. The molecule has 2 atom stereocenters. The van der Waals surface area contributed by atoms with Gasteiger partial charge in [-0.1, -0.05) is 0 Å². The van der Waals surface area contributed by atoms with Crippen molar-refractivity contribution >= 4 is 10.0 Å². The first-order valence-electron chi connectivity index (χ1n) is 7.12. The normalized spacial score (nSPS) is 23.7. The van der Waals surface area contributed by atoms with Crippen LogP contribution in [0.25, 0.3) is 0 Å². The molecule has 1 aliphatic heterocycles. The lowest BCUT2D eigenvalue weighted by Gasteiger charge is -2.36. The zero-order chi connectivity index (χ0) is 15.6. The summed E-state index contributed by atoms with van der Waals surface area (Å²) in [7, 11) is -3.53. The van der Waals surface area contributed by atoms with Gasteiger partial charge in [-0.15, -0.1) is 0 Å². The van der Waals surface area contributed by atoms with E-state index in [4.69, 9.17) is 11.0 Å². The zero-order valence-electron chi connectivity index (χ0n) is 12.4. The maximum absolute atomic E-state index is 12.8. The van der Waals surface area contributed by atoms with E-state index in [1.54, 1.807) is 23.4 Å². The SMILES string of the molecule is Cc1cc(S(=O)(=O)N2CC(CN)CCC2C)ccc1C#N. The van der Waals surface area contributed by atoms with Gasteiger partial charge in [0.2, 0.25) is 10.0 Å². The Balaban J connectivity index is 2.37. The van der Waals surface area contributed by atoms with Crippen LogP contribution in [0.15, 0.2) is 23.1 Å². The second-order valence-electron chi connectivity index (χ2n) is 5.69. The van der Waals surface area contributed by atoms with Gasteiger partial charge in [-0.2, -0.15) is 9.57 Å². The molecule has 0 aliphatic carbocycles. The van der Waals surface area contributed by atoms with Crippen LogP contribution in [0.5, 0.6) is 0 Å². The van der Waals surface area contributed by atoms with Crippen LogP contribution in [0.2, 0.25) is 0 Å². The molecule has 0 radical (unpaired) electrons. The molecule has 2 unspecified atom stereocenters. The molecular formula is C15H21N3O2S. The van der Waals surface area contributed by atoms with Crippen molar-refractivity contribution in [2.45, 2.75) is 37.6 Å². The van der Waals surface area contributed by atoms with E-state index in [-0.39, 0.29) is 16.9 Å². The molecule has 0 saturated carbocycles. The second kappa shape index (κ2) is 6.14. The molecule has 0 spiro atoms. The van der Waals surface area contributed by atoms with Gasteiger partial charge in [0.15, 0.2) is 0 Å². The number of nitrogens with two attached hydrogens (primary N) is 1. The topological polar surface area (TPSA) is 87.2 Å². The van der Waals surface area contributed by atoms with E-state index in [2.05, 4.69) is 6.07 Å². The molecule has 5 nitrogen and oxygen atoms in total. The summed E-state index contributed by atoms with van der Waals surface area (Å²) in [5.74, 6) is 0.218. The molecule has 0 aromatic heterocycles. The number of hydrogen-bond donors (Lipinski definition) is 1. The average Bonchev–Trinajstić information content (AvgIpc) is 2.47. The molecule has 0 amide bonds. The Morgan fingerprint density at radius 2 is 2.14 bits per heavy atom. The van der Waals surface area contributed by atoms with E-state index >= 15 is 0 Å². The van der Waals surface area contributed by atoms with E-state index in [1.807, 2.05) is 6.92 Å². The van der Waals surface area contributed by atoms with Crippen molar-refractivity contribution in [2.75, 3.05) is 13.1 Å². The van der Waals surface area contributed by atoms with E-state index in [0.717, 1.165) is 12.8 Å². The largest absolute Gasteiger partial charge is 0.330 e. The van der Waals surface area contributed by atoms with Crippen LogP contribution in [0.4, 0.5) is 0 Å². The highest BCUT2D eigenvalue weighted by molar-refractivity contribution is 7.89. The minimum atomic E-state index is -3.53. The van der Waals surface area contributed by atoms with Gasteiger partial charge in [0.25, 0.3) is 0 Å². The van der Waals surface area contributed by atoms with E-state index in [0.29, 0.717) is 24.2 Å². The summed E-state index contributed by atoms with van der Waals surface area (Å²) >= 11 is 0. The van der Waals surface area contributed by atoms with Crippen molar-refractivity contribution in [2.24, 2.45) is 11.7 Å². The summed E-state index contributed by atoms with van der Waals surface area (Å²) in [5, 5.41) is 8.95. The van der Waals surface area contributed by atoms with E-state index in [9.17, 15) is 8.42 Å². The maximum Gasteiger partial charge on any atom is 0.243 e. The number of nitriles is 1. The second-order valence-corrected chi connectivity index (χ2v) is 7.58. The molecule has 2 N–H and O–H groups in total. The molecule has 1 aliphatic rings. The van der Waals surface area contributed by atoms with Crippen LogP contribution >= 0.6 is 0 Å². The maximum atomic E-state index is 12.8. The zero-order valence-corrected chi connectivity index (χ0v) is 13.2. The van der Waals surface area contributed by atoms with Gasteiger partial charge in [-0.05, 0) is 62.9 Å². The van der Waals surface area contributed by atoms with E-state index < -0.39 is 10.0 Å². The van der Waals surface area contributed by atoms with Crippen LogP contribution in [-0.4, -0.2) is 31.9 Å². The van der Waals surface area contributed by atoms with Gasteiger partial charge < -0.3 is 5.73 Å². The highest BCUT2D eigenvalue weighted by atomic mass is 32.2. The quantitative estimate of drug-likeness (QED) is 0.919. The highest BCUT2D eigenvalue weighted by Gasteiger charge is 2.34. The Kier molecular flexibility index (Phi) is 4.67. The van der Waals surface area contributed by atoms with Crippen LogP contribution in [0.3, 0.4) is 0 Å². The summed E-state index contributed by atoms with van der Waals surface area (Å²) in [4.78, 5) is 0.253. The minimum absolute atomic E-state index is 0.0197. The lowest BCUT2D eigenvalue weighted by Crippen LogP contribution is -2.47. The summed E-state index contributed by atoms with van der Waals surface area (Å²) in [6.45, 7) is 4.66. The predicted molar refractivity (Wildman–Crippen MR) is 81.0 cm³/mol. The molecule has 21 heavy (non-hydrogen) atoms. The standard InChI is InChI=1S/C15H21N3O2S/c1-11-7-15(6-5-14(11)9-17)21(19,20)18-10-13(8-16)4-3-12(18)2/h5-7,12-13H,3-4,8,10,16H2,1-2H3. The molecule has 1 aromatic rings. The van der Waals surface area contributed by atoms with Crippen molar-refractivity contribution in [3.63, 3.8) is 0 Å². The first-order valence-corrected chi connectivity index (χ1v) is 8.56.